The number of hydrogen-bond acceptors (Lipinski definition) is 5. The van der Waals surface area contributed by atoms with E-state index in [4.69, 9.17) is 5.26 Å². The van der Waals surface area contributed by atoms with Crippen LogP contribution in [0.4, 0.5) is 0 Å². The van der Waals surface area contributed by atoms with Gasteiger partial charge in [0, 0.05) is 6.54 Å². The van der Waals surface area contributed by atoms with E-state index in [1.165, 1.54) is 0 Å². The van der Waals surface area contributed by atoms with Gasteiger partial charge in [-0.2, -0.15) is 10.5 Å². The van der Waals surface area contributed by atoms with Gasteiger partial charge in [-0.05, 0) is 11.6 Å². The van der Waals surface area contributed by atoms with Crippen LogP contribution in [0.15, 0.2) is 24.3 Å². The van der Waals surface area contributed by atoms with Crippen molar-refractivity contribution in [2.24, 2.45) is 0 Å². The van der Waals surface area contributed by atoms with Crippen LogP contribution in [0.1, 0.15) is 17.0 Å². The summed E-state index contributed by atoms with van der Waals surface area (Å²) >= 11 is 0. The van der Waals surface area contributed by atoms with Crippen LogP contribution in [-0.4, -0.2) is 20.6 Å². The van der Waals surface area contributed by atoms with Gasteiger partial charge in [0.15, 0.2) is 5.82 Å². The molecular weight excluding hydrogens is 204 g/mol. The van der Waals surface area contributed by atoms with Gasteiger partial charge in [-0.25, -0.2) is 0 Å². The summed E-state index contributed by atoms with van der Waals surface area (Å²) in [7, 11) is 0. The fraction of sp³-hybridized carbons (Fsp3) is 0.200. The Bertz CT molecular complexity index is 484. The van der Waals surface area contributed by atoms with E-state index in [1.807, 2.05) is 18.2 Å². The molecule has 0 saturated carbocycles. The molecule has 80 valence electrons. The summed E-state index contributed by atoms with van der Waals surface area (Å²) in [4.78, 5) is 0. The van der Waals surface area contributed by atoms with Gasteiger partial charge in [-0.3, -0.25) is 0 Å². The number of nitrogens with zero attached hydrogens (tertiary/aromatic N) is 4. The number of tetrazole rings is 1. The fourth-order valence-corrected chi connectivity index (χ4v) is 1.35. The van der Waals surface area contributed by atoms with E-state index in [0.717, 1.165) is 5.56 Å². The van der Waals surface area contributed by atoms with E-state index < -0.39 is 0 Å². The smallest absolute Gasteiger partial charge is 0.188 e. The predicted octanol–water partition coefficient (Wildman–Crippen LogP) is 0.361. The minimum atomic E-state index is 0.524. The molecule has 1 aromatic carbocycles. The second kappa shape index (κ2) is 5.00. The molecule has 0 atom stereocenters. The Labute approximate surface area is 92.3 Å². The zero-order valence-electron chi connectivity index (χ0n) is 8.51. The highest BCUT2D eigenvalue weighted by Gasteiger charge is 2.01. The van der Waals surface area contributed by atoms with Gasteiger partial charge < -0.3 is 5.32 Å². The van der Waals surface area contributed by atoms with E-state index >= 15 is 0 Å². The SMILES string of the molecule is N#Cc1ccccc1CNCc1nn[nH]n1. The molecule has 0 fully saturated rings. The van der Waals surface area contributed by atoms with Crippen molar-refractivity contribution in [3.8, 4) is 6.07 Å². The highest BCUT2D eigenvalue weighted by Crippen LogP contribution is 2.06. The topological polar surface area (TPSA) is 90.3 Å². The molecule has 0 radical (unpaired) electrons. The third kappa shape index (κ3) is 2.40. The summed E-state index contributed by atoms with van der Waals surface area (Å²) in [6.07, 6.45) is 0. The van der Waals surface area contributed by atoms with E-state index in [-0.39, 0.29) is 0 Å². The average Bonchev–Trinajstić information content (AvgIpc) is 2.83. The van der Waals surface area contributed by atoms with Crippen molar-refractivity contribution in [2.75, 3.05) is 0 Å². The van der Waals surface area contributed by atoms with E-state index in [2.05, 4.69) is 32.0 Å². The van der Waals surface area contributed by atoms with E-state index in [1.54, 1.807) is 6.07 Å². The zero-order chi connectivity index (χ0) is 11.2. The number of H-pyrrole nitrogens is 1. The van der Waals surface area contributed by atoms with Gasteiger partial charge in [0.25, 0.3) is 0 Å². The number of nitrogens with one attached hydrogen (secondary N) is 2. The minimum absolute atomic E-state index is 0.524. The zero-order valence-corrected chi connectivity index (χ0v) is 8.51. The molecule has 1 heterocycles. The Morgan fingerprint density at radius 2 is 2.19 bits per heavy atom. The van der Waals surface area contributed by atoms with Gasteiger partial charge in [0.05, 0.1) is 18.2 Å². The van der Waals surface area contributed by atoms with Gasteiger partial charge in [-0.1, -0.05) is 23.4 Å². The molecule has 0 amide bonds. The quantitative estimate of drug-likeness (QED) is 0.766. The molecule has 16 heavy (non-hydrogen) atoms. The minimum Gasteiger partial charge on any atom is -0.306 e. The number of hydrogen-bond donors (Lipinski definition) is 2. The first kappa shape index (κ1) is 10.3. The van der Waals surface area contributed by atoms with Gasteiger partial charge in [-0.15, -0.1) is 10.2 Å². The lowest BCUT2D eigenvalue weighted by atomic mass is 10.1. The monoisotopic (exact) mass is 214 g/mol. The maximum absolute atomic E-state index is 8.88. The summed E-state index contributed by atoms with van der Waals surface area (Å²) < 4.78 is 0. The van der Waals surface area contributed by atoms with Crippen LogP contribution in [0.2, 0.25) is 0 Å². The summed E-state index contributed by atoms with van der Waals surface area (Å²) in [5.74, 6) is 0.606. The Morgan fingerprint density at radius 1 is 1.31 bits per heavy atom. The summed E-state index contributed by atoms with van der Waals surface area (Å²) in [6.45, 7) is 1.13. The Balaban J connectivity index is 1.93. The largest absolute Gasteiger partial charge is 0.306 e. The fourth-order valence-electron chi connectivity index (χ4n) is 1.35. The summed E-state index contributed by atoms with van der Waals surface area (Å²) in [5, 5.41) is 25.5. The molecule has 2 rings (SSSR count). The first-order chi connectivity index (χ1) is 7.90. The highest BCUT2D eigenvalue weighted by atomic mass is 15.5. The maximum atomic E-state index is 8.88. The molecule has 2 aromatic rings. The van der Waals surface area contributed by atoms with Crippen LogP contribution >= 0.6 is 0 Å². The van der Waals surface area contributed by atoms with Crippen LogP contribution in [0.3, 0.4) is 0 Å². The lowest BCUT2D eigenvalue weighted by Gasteiger charge is -2.03. The average molecular weight is 214 g/mol. The van der Waals surface area contributed by atoms with Crippen molar-refractivity contribution < 1.29 is 0 Å². The van der Waals surface area contributed by atoms with Crippen LogP contribution < -0.4 is 5.32 Å². The van der Waals surface area contributed by atoms with Gasteiger partial charge in [0.2, 0.25) is 0 Å². The lowest BCUT2D eigenvalue weighted by Crippen LogP contribution is -2.14. The maximum Gasteiger partial charge on any atom is 0.188 e. The van der Waals surface area contributed by atoms with Crippen LogP contribution in [-0.2, 0) is 13.1 Å². The standard InChI is InChI=1S/C10H10N6/c11-5-8-3-1-2-4-9(8)6-12-7-10-13-15-16-14-10/h1-4,12H,6-7H2,(H,13,14,15,16). The molecule has 0 bridgehead atoms. The number of aromatic nitrogens is 4. The molecule has 0 aliphatic carbocycles. The number of nitriles is 1. The lowest BCUT2D eigenvalue weighted by molar-refractivity contribution is 0.662. The third-order valence-corrected chi connectivity index (χ3v) is 2.13. The molecular formula is C10H10N6. The van der Waals surface area contributed by atoms with Crippen molar-refractivity contribution in [1.82, 2.24) is 25.9 Å². The van der Waals surface area contributed by atoms with Crippen molar-refractivity contribution in [3.05, 3.63) is 41.2 Å². The second-order valence-corrected chi connectivity index (χ2v) is 3.20. The molecule has 6 heteroatoms. The summed E-state index contributed by atoms with van der Waals surface area (Å²) in [5.41, 5.74) is 1.65. The van der Waals surface area contributed by atoms with Crippen molar-refractivity contribution >= 4 is 0 Å². The molecule has 1 aromatic heterocycles. The highest BCUT2D eigenvalue weighted by molar-refractivity contribution is 5.37. The first-order valence-electron chi connectivity index (χ1n) is 4.81. The van der Waals surface area contributed by atoms with Crippen LogP contribution in [0.5, 0.6) is 0 Å². The van der Waals surface area contributed by atoms with Crippen molar-refractivity contribution in [3.63, 3.8) is 0 Å². The van der Waals surface area contributed by atoms with Gasteiger partial charge in [0.1, 0.15) is 0 Å². The van der Waals surface area contributed by atoms with Crippen molar-refractivity contribution in [1.29, 1.82) is 5.26 Å². The Morgan fingerprint density at radius 3 is 2.94 bits per heavy atom. The molecule has 0 aliphatic heterocycles. The third-order valence-electron chi connectivity index (χ3n) is 2.13. The molecule has 0 spiro atoms. The van der Waals surface area contributed by atoms with Crippen molar-refractivity contribution in [2.45, 2.75) is 13.1 Å². The van der Waals surface area contributed by atoms with Gasteiger partial charge >= 0.3 is 0 Å². The number of aromatic amines is 1. The molecule has 0 aliphatic rings. The normalized spacial score (nSPS) is 9.94. The van der Waals surface area contributed by atoms with E-state index in [9.17, 15) is 0 Å². The molecule has 0 saturated heterocycles. The Hall–Kier alpha value is -2.26. The van der Waals surface area contributed by atoms with Crippen LogP contribution in [0, 0.1) is 11.3 Å². The van der Waals surface area contributed by atoms with E-state index in [0.29, 0.717) is 24.5 Å². The number of rotatable bonds is 4. The summed E-state index contributed by atoms with van der Waals surface area (Å²) in [6, 6.07) is 9.62. The first-order valence-corrected chi connectivity index (χ1v) is 4.81. The molecule has 6 nitrogen and oxygen atoms in total. The molecule has 2 N–H and O–H groups in total. The van der Waals surface area contributed by atoms with Crippen LogP contribution in [0.25, 0.3) is 0 Å². The number of benzene rings is 1. The predicted molar refractivity (Wildman–Crippen MR) is 55.9 cm³/mol. The molecule has 0 unspecified atom stereocenters. The Kier molecular flexibility index (Phi) is 3.21. The second-order valence-electron chi connectivity index (χ2n) is 3.20.